The summed E-state index contributed by atoms with van der Waals surface area (Å²) >= 11 is 5.82. The van der Waals surface area contributed by atoms with E-state index in [9.17, 15) is 4.79 Å². The van der Waals surface area contributed by atoms with E-state index in [0.29, 0.717) is 24.4 Å². The molecule has 1 atom stereocenters. The standard InChI is InChI=1S/C12H16ClNO2/c1-9(15)5-6-12(16)14-8-10-3-2-4-11(13)7-10/h2-4,7,9,15H,5-6,8H2,1H3,(H,14,16). The summed E-state index contributed by atoms with van der Waals surface area (Å²) in [4.78, 5) is 11.4. The number of benzene rings is 1. The fourth-order valence-electron chi connectivity index (χ4n) is 1.28. The third-order valence-electron chi connectivity index (χ3n) is 2.17. The van der Waals surface area contributed by atoms with Gasteiger partial charge in [-0.05, 0) is 31.0 Å². The van der Waals surface area contributed by atoms with E-state index in [2.05, 4.69) is 5.32 Å². The minimum absolute atomic E-state index is 0.0547. The van der Waals surface area contributed by atoms with Gasteiger partial charge in [-0.2, -0.15) is 0 Å². The summed E-state index contributed by atoms with van der Waals surface area (Å²) in [7, 11) is 0. The van der Waals surface area contributed by atoms with E-state index in [4.69, 9.17) is 16.7 Å². The van der Waals surface area contributed by atoms with Crippen LogP contribution in [0.3, 0.4) is 0 Å². The van der Waals surface area contributed by atoms with E-state index in [1.807, 2.05) is 18.2 Å². The monoisotopic (exact) mass is 241 g/mol. The maximum absolute atomic E-state index is 11.4. The lowest BCUT2D eigenvalue weighted by molar-refractivity contribution is -0.121. The van der Waals surface area contributed by atoms with Crippen LogP contribution in [-0.4, -0.2) is 17.1 Å². The number of halogens is 1. The Morgan fingerprint density at radius 1 is 1.56 bits per heavy atom. The van der Waals surface area contributed by atoms with Crippen molar-refractivity contribution in [2.24, 2.45) is 0 Å². The molecule has 0 fully saturated rings. The summed E-state index contributed by atoms with van der Waals surface area (Å²) in [5, 5.41) is 12.5. The molecule has 1 aromatic carbocycles. The zero-order chi connectivity index (χ0) is 12.0. The summed E-state index contributed by atoms with van der Waals surface area (Å²) in [5.41, 5.74) is 0.970. The molecule has 0 saturated carbocycles. The molecule has 0 aromatic heterocycles. The van der Waals surface area contributed by atoms with Crippen LogP contribution >= 0.6 is 11.6 Å². The van der Waals surface area contributed by atoms with E-state index < -0.39 is 6.10 Å². The van der Waals surface area contributed by atoms with E-state index >= 15 is 0 Å². The van der Waals surface area contributed by atoms with Gasteiger partial charge >= 0.3 is 0 Å². The van der Waals surface area contributed by atoms with Gasteiger partial charge in [0.05, 0.1) is 6.10 Å². The first-order chi connectivity index (χ1) is 7.58. The molecule has 0 aliphatic rings. The van der Waals surface area contributed by atoms with E-state index in [1.165, 1.54) is 0 Å². The van der Waals surface area contributed by atoms with E-state index in [-0.39, 0.29) is 5.91 Å². The van der Waals surface area contributed by atoms with Crippen molar-refractivity contribution >= 4 is 17.5 Å². The van der Waals surface area contributed by atoms with Crippen LogP contribution < -0.4 is 5.32 Å². The molecule has 2 N–H and O–H groups in total. The molecule has 0 aliphatic heterocycles. The van der Waals surface area contributed by atoms with Gasteiger partial charge in [0, 0.05) is 18.0 Å². The summed E-state index contributed by atoms with van der Waals surface area (Å²) in [6.45, 7) is 2.14. The minimum atomic E-state index is -0.433. The molecule has 0 saturated heterocycles. The van der Waals surface area contributed by atoms with Crippen LogP contribution in [0.25, 0.3) is 0 Å². The van der Waals surface area contributed by atoms with Crippen LogP contribution in [0, 0.1) is 0 Å². The van der Waals surface area contributed by atoms with Gasteiger partial charge in [-0.15, -0.1) is 0 Å². The van der Waals surface area contributed by atoms with Gasteiger partial charge < -0.3 is 10.4 Å². The maximum atomic E-state index is 11.4. The summed E-state index contributed by atoms with van der Waals surface area (Å²) < 4.78 is 0. The minimum Gasteiger partial charge on any atom is -0.393 e. The Bertz CT molecular complexity index is 353. The van der Waals surface area contributed by atoms with Crippen molar-refractivity contribution in [2.45, 2.75) is 32.4 Å². The van der Waals surface area contributed by atoms with Crippen LogP contribution in [0.2, 0.25) is 5.02 Å². The zero-order valence-corrected chi connectivity index (χ0v) is 10.00. The van der Waals surface area contributed by atoms with Crippen molar-refractivity contribution in [3.05, 3.63) is 34.9 Å². The van der Waals surface area contributed by atoms with Crippen molar-refractivity contribution in [1.82, 2.24) is 5.32 Å². The number of carbonyl (C=O) groups is 1. The van der Waals surface area contributed by atoms with Crippen LogP contribution in [0.15, 0.2) is 24.3 Å². The third-order valence-corrected chi connectivity index (χ3v) is 2.40. The number of hydrogen-bond donors (Lipinski definition) is 2. The van der Waals surface area contributed by atoms with Crippen molar-refractivity contribution < 1.29 is 9.90 Å². The molecule has 1 amide bonds. The van der Waals surface area contributed by atoms with Gasteiger partial charge in [-0.3, -0.25) is 4.79 Å². The molecule has 1 rings (SSSR count). The lowest BCUT2D eigenvalue weighted by Crippen LogP contribution is -2.23. The predicted molar refractivity (Wildman–Crippen MR) is 64.2 cm³/mol. The first-order valence-electron chi connectivity index (χ1n) is 5.27. The van der Waals surface area contributed by atoms with Crippen molar-refractivity contribution in [3.8, 4) is 0 Å². The van der Waals surface area contributed by atoms with Gasteiger partial charge in [-0.25, -0.2) is 0 Å². The highest BCUT2D eigenvalue weighted by atomic mass is 35.5. The Kier molecular flexibility index (Phi) is 5.29. The zero-order valence-electron chi connectivity index (χ0n) is 9.24. The van der Waals surface area contributed by atoms with Gasteiger partial charge in [0.15, 0.2) is 0 Å². The fourth-order valence-corrected chi connectivity index (χ4v) is 1.49. The number of aliphatic hydroxyl groups excluding tert-OH is 1. The second kappa shape index (κ2) is 6.51. The van der Waals surface area contributed by atoms with E-state index in [0.717, 1.165) is 5.56 Å². The fraction of sp³-hybridized carbons (Fsp3) is 0.417. The summed E-state index contributed by atoms with van der Waals surface area (Å²) in [6.07, 6.45) is 0.400. The van der Waals surface area contributed by atoms with Crippen molar-refractivity contribution in [3.63, 3.8) is 0 Å². The number of rotatable bonds is 5. The van der Waals surface area contributed by atoms with Gasteiger partial charge in [-0.1, -0.05) is 23.7 Å². The Labute approximate surface area is 100 Å². The average Bonchev–Trinajstić information content (AvgIpc) is 2.23. The number of carbonyl (C=O) groups excluding carboxylic acids is 1. The molecule has 0 bridgehead atoms. The Morgan fingerprint density at radius 3 is 2.94 bits per heavy atom. The second-order valence-electron chi connectivity index (χ2n) is 3.79. The molecule has 1 aromatic rings. The van der Waals surface area contributed by atoms with Crippen molar-refractivity contribution in [1.29, 1.82) is 0 Å². The van der Waals surface area contributed by atoms with Crippen LogP contribution in [-0.2, 0) is 11.3 Å². The average molecular weight is 242 g/mol. The van der Waals surface area contributed by atoms with Crippen LogP contribution in [0.1, 0.15) is 25.3 Å². The summed E-state index contributed by atoms with van der Waals surface area (Å²) in [5.74, 6) is -0.0547. The quantitative estimate of drug-likeness (QED) is 0.830. The molecule has 88 valence electrons. The van der Waals surface area contributed by atoms with Gasteiger partial charge in [0.1, 0.15) is 0 Å². The Morgan fingerprint density at radius 2 is 2.31 bits per heavy atom. The Balaban J connectivity index is 2.31. The molecule has 3 nitrogen and oxygen atoms in total. The number of amides is 1. The third kappa shape index (κ3) is 5.14. The molecule has 1 unspecified atom stereocenters. The van der Waals surface area contributed by atoms with E-state index in [1.54, 1.807) is 13.0 Å². The van der Waals surface area contributed by atoms with Crippen molar-refractivity contribution in [2.75, 3.05) is 0 Å². The highest BCUT2D eigenvalue weighted by Crippen LogP contribution is 2.10. The van der Waals surface area contributed by atoms with Gasteiger partial charge in [0.2, 0.25) is 5.91 Å². The molecular weight excluding hydrogens is 226 g/mol. The second-order valence-corrected chi connectivity index (χ2v) is 4.23. The lowest BCUT2D eigenvalue weighted by atomic mass is 10.2. The first-order valence-corrected chi connectivity index (χ1v) is 5.65. The largest absolute Gasteiger partial charge is 0.393 e. The number of hydrogen-bond acceptors (Lipinski definition) is 2. The van der Waals surface area contributed by atoms with Gasteiger partial charge in [0.25, 0.3) is 0 Å². The Hall–Kier alpha value is -1.06. The normalized spacial score (nSPS) is 12.2. The summed E-state index contributed by atoms with van der Waals surface area (Å²) in [6, 6.07) is 7.36. The molecule has 16 heavy (non-hydrogen) atoms. The molecule has 0 spiro atoms. The molecule has 0 radical (unpaired) electrons. The SMILES string of the molecule is CC(O)CCC(=O)NCc1cccc(Cl)c1. The lowest BCUT2D eigenvalue weighted by Gasteiger charge is -2.06. The number of aliphatic hydroxyl groups is 1. The highest BCUT2D eigenvalue weighted by molar-refractivity contribution is 6.30. The van der Waals surface area contributed by atoms with Crippen LogP contribution in [0.5, 0.6) is 0 Å². The predicted octanol–water partition coefficient (Wildman–Crippen LogP) is 2.12. The highest BCUT2D eigenvalue weighted by Gasteiger charge is 2.03. The van der Waals surface area contributed by atoms with Crippen LogP contribution in [0.4, 0.5) is 0 Å². The molecule has 0 aliphatic carbocycles. The molecular formula is C12H16ClNO2. The number of nitrogens with one attached hydrogen (secondary N) is 1. The maximum Gasteiger partial charge on any atom is 0.220 e. The smallest absolute Gasteiger partial charge is 0.220 e. The topological polar surface area (TPSA) is 49.3 Å². The molecule has 0 heterocycles. The molecule has 4 heteroatoms. The first kappa shape index (κ1) is 13.0.